The molecule has 0 atom stereocenters. The van der Waals surface area contributed by atoms with Crippen molar-refractivity contribution in [3.8, 4) is 0 Å². The fraction of sp³-hybridized carbons (Fsp3) is 0.304. The number of carbonyl (C=O) groups excluding carboxylic acids is 1. The van der Waals surface area contributed by atoms with E-state index in [2.05, 4.69) is 53.3 Å². The zero-order valence-corrected chi connectivity index (χ0v) is 19.6. The zero-order valence-electron chi connectivity index (χ0n) is 17.1. The molecule has 1 amide bonds. The fourth-order valence-corrected chi connectivity index (χ4v) is 5.29. The van der Waals surface area contributed by atoms with Crippen molar-refractivity contribution < 1.29 is 4.79 Å². The number of carbonyl (C=O) groups is 1. The van der Waals surface area contributed by atoms with Crippen LogP contribution in [-0.2, 0) is 19.5 Å². The Balaban J connectivity index is 0.00000256. The molecule has 0 radical (unpaired) electrons. The van der Waals surface area contributed by atoms with Gasteiger partial charge in [0.05, 0.1) is 5.69 Å². The van der Waals surface area contributed by atoms with E-state index in [0.29, 0.717) is 15.9 Å². The summed E-state index contributed by atoms with van der Waals surface area (Å²) in [5.41, 5.74) is 3.11. The lowest BCUT2D eigenvalue weighted by Crippen LogP contribution is -2.29. The number of fused-ring (bicyclic) bond motifs is 1. The molecule has 1 N–H and O–H groups in total. The number of halogens is 1. The molecule has 0 aliphatic carbocycles. The van der Waals surface area contributed by atoms with Crippen LogP contribution < -0.4 is 5.32 Å². The molecule has 30 heavy (non-hydrogen) atoms. The van der Waals surface area contributed by atoms with Gasteiger partial charge in [0.15, 0.2) is 5.13 Å². The summed E-state index contributed by atoms with van der Waals surface area (Å²) >= 11 is 3.39. The van der Waals surface area contributed by atoms with Crippen molar-refractivity contribution in [1.82, 2.24) is 9.88 Å². The molecule has 0 saturated heterocycles. The highest BCUT2D eigenvalue weighted by molar-refractivity contribution is 7.99. The van der Waals surface area contributed by atoms with E-state index in [1.54, 1.807) is 23.1 Å². The molecule has 0 unspecified atom stereocenters. The smallest absolute Gasteiger partial charge is 0.257 e. The number of hydrogen-bond acceptors (Lipinski definition) is 5. The number of nitrogens with one attached hydrogen (secondary N) is 1. The van der Waals surface area contributed by atoms with Gasteiger partial charge in [0.1, 0.15) is 0 Å². The molecule has 158 valence electrons. The second-order valence-corrected chi connectivity index (χ2v) is 10.2. The summed E-state index contributed by atoms with van der Waals surface area (Å²) < 4.78 is 0. The number of hydrogen-bond donors (Lipinski definition) is 1. The van der Waals surface area contributed by atoms with E-state index in [1.807, 2.05) is 30.3 Å². The molecule has 2 aromatic carbocycles. The first-order chi connectivity index (χ1) is 14.1. The van der Waals surface area contributed by atoms with Crippen LogP contribution in [0, 0.1) is 0 Å². The topological polar surface area (TPSA) is 45.2 Å². The maximum Gasteiger partial charge on any atom is 0.257 e. The van der Waals surface area contributed by atoms with Crippen molar-refractivity contribution in [2.45, 2.75) is 43.5 Å². The summed E-state index contributed by atoms with van der Waals surface area (Å²) in [4.78, 5) is 22.1. The summed E-state index contributed by atoms with van der Waals surface area (Å²) in [6, 6.07) is 18.3. The third kappa shape index (κ3) is 5.85. The van der Waals surface area contributed by atoms with E-state index < -0.39 is 0 Å². The van der Waals surface area contributed by atoms with Crippen LogP contribution in [0.3, 0.4) is 0 Å². The van der Waals surface area contributed by atoms with Crippen LogP contribution in [-0.4, -0.2) is 27.6 Å². The number of thioether (sulfide) groups is 1. The van der Waals surface area contributed by atoms with Crippen molar-refractivity contribution in [2.75, 3.05) is 11.9 Å². The highest BCUT2D eigenvalue weighted by Crippen LogP contribution is 2.29. The summed E-state index contributed by atoms with van der Waals surface area (Å²) in [6.07, 6.45) is 0.926. The summed E-state index contributed by atoms with van der Waals surface area (Å²) in [6.45, 7) is 7.15. The number of rotatable bonds is 6. The van der Waals surface area contributed by atoms with Gasteiger partial charge in [-0.15, -0.1) is 35.5 Å². The molecular formula is C23H26ClN3OS2. The van der Waals surface area contributed by atoms with Gasteiger partial charge in [-0.1, -0.05) is 44.2 Å². The largest absolute Gasteiger partial charge is 0.298 e. The Bertz CT molecular complexity index is 974. The molecule has 4 nitrogen and oxygen atoms in total. The second-order valence-electron chi connectivity index (χ2n) is 7.48. The predicted octanol–water partition coefficient (Wildman–Crippen LogP) is 5.88. The van der Waals surface area contributed by atoms with Crippen LogP contribution >= 0.6 is 35.5 Å². The Morgan fingerprint density at radius 1 is 1.17 bits per heavy atom. The van der Waals surface area contributed by atoms with Crippen molar-refractivity contribution in [3.63, 3.8) is 0 Å². The molecule has 7 heteroatoms. The van der Waals surface area contributed by atoms with Crippen molar-refractivity contribution in [2.24, 2.45) is 0 Å². The van der Waals surface area contributed by atoms with Gasteiger partial charge in [-0.3, -0.25) is 15.0 Å². The molecule has 1 aliphatic heterocycles. The van der Waals surface area contributed by atoms with E-state index in [0.717, 1.165) is 31.7 Å². The highest BCUT2D eigenvalue weighted by Gasteiger charge is 2.21. The van der Waals surface area contributed by atoms with Gasteiger partial charge in [-0.2, -0.15) is 0 Å². The van der Waals surface area contributed by atoms with Gasteiger partial charge in [0.2, 0.25) is 0 Å². The minimum absolute atomic E-state index is 0. The fourth-order valence-electron chi connectivity index (χ4n) is 3.40. The van der Waals surface area contributed by atoms with Gasteiger partial charge >= 0.3 is 0 Å². The maximum atomic E-state index is 12.6. The Morgan fingerprint density at radius 2 is 1.90 bits per heavy atom. The Hall–Kier alpha value is -1.86. The lowest BCUT2D eigenvalue weighted by Gasteiger charge is -2.25. The van der Waals surface area contributed by atoms with Crippen LogP contribution in [0.5, 0.6) is 0 Å². The lowest BCUT2D eigenvalue weighted by atomic mass is 10.1. The minimum atomic E-state index is -0.0988. The SMILES string of the molecule is CC(C)Sc1ccc(C(=O)Nc2nc3c(s2)CN(Cc2ccccc2)CC3)cc1.Cl. The van der Waals surface area contributed by atoms with E-state index in [4.69, 9.17) is 0 Å². The normalized spacial score (nSPS) is 13.6. The van der Waals surface area contributed by atoms with Gasteiger partial charge in [0.25, 0.3) is 5.91 Å². The van der Waals surface area contributed by atoms with Crippen LogP contribution in [0.1, 0.15) is 40.3 Å². The molecule has 1 aromatic heterocycles. The lowest BCUT2D eigenvalue weighted by molar-refractivity contribution is 0.102. The van der Waals surface area contributed by atoms with Crippen molar-refractivity contribution in [3.05, 3.63) is 76.3 Å². The Kier molecular flexibility index (Phi) is 7.94. The summed E-state index contributed by atoms with van der Waals surface area (Å²) in [5.74, 6) is -0.0988. The van der Waals surface area contributed by atoms with Crippen LogP contribution in [0.4, 0.5) is 5.13 Å². The van der Waals surface area contributed by atoms with Gasteiger partial charge in [-0.25, -0.2) is 4.98 Å². The van der Waals surface area contributed by atoms with E-state index in [1.165, 1.54) is 15.3 Å². The zero-order chi connectivity index (χ0) is 20.2. The van der Waals surface area contributed by atoms with Gasteiger partial charge in [0, 0.05) is 46.6 Å². The number of aromatic nitrogens is 1. The van der Waals surface area contributed by atoms with E-state index >= 15 is 0 Å². The number of benzene rings is 2. The number of amides is 1. The summed E-state index contributed by atoms with van der Waals surface area (Å²) in [7, 11) is 0. The first-order valence-electron chi connectivity index (χ1n) is 9.90. The van der Waals surface area contributed by atoms with Crippen molar-refractivity contribution in [1.29, 1.82) is 0 Å². The minimum Gasteiger partial charge on any atom is -0.298 e. The monoisotopic (exact) mass is 459 g/mol. The third-order valence-corrected chi connectivity index (χ3v) is 6.78. The molecule has 0 spiro atoms. The average Bonchev–Trinajstić information content (AvgIpc) is 3.10. The third-order valence-electron chi connectivity index (χ3n) is 4.77. The molecule has 2 heterocycles. The van der Waals surface area contributed by atoms with Crippen LogP contribution in [0.25, 0.3) is 0 Å². The van der Waals surface area contributed by atoms with Crippen LogP contribution in [0.2, 0.25) is 0 Å². The molecule has 0 fully saturated rings. The summed E-state index contributed by atoms with van der Waals surface area (Å²) in [5, 5.41) is 4.21. The molecule has 1 aliphatic rings. The number of nitrogens with zero attached hydrogens (tertiary/aromatic N) is 2. The Morgan fingerprint density at radius 3 is 2.60 bits per heavy atom. The quantitative estimate of drug-likeness (QED) is 0.468. The van der Waals surface area contributed by atoms with Gasteiger partial charge in [-0.05, 0) is 29.8 Å². The highest BCUT2D eigenvalue weighted by atomic mass is 35.5. The van der Waals surface area contributed by atoms with Crippen LogP contribution in [0.15, 0.2) is 59.5 Å². The predicted molar refractivity (Wildman–Crippen MR) is 129 cm³/mol. The molecular weight excluding hydrogens is 434 g/mol. The van der Waals surface area contributed by atoms with Crippen molar-refractivity contribution >= 4 is 46.5 Å². The maximum absolute atomic E-state index is 12.6. The van der Waals surface area contributed by atoms with Gasteiger partial charge < -0.3 is 0 Å². The second kappa shape index (κ2) is 10.4. The molecule has 0 bridgehead atoms. The standard InChI is InChI=1S/C23H25N3OS2.ClH/c1-16(2)28-19-10-8-18(9-11-19)22(27)25-23-24-20-12-13-26(15-21(20)29-23)14-17-6-4-3-5-7-17;/h3-11,16H,12-15H2,1-2H3,(H,24,25,27);1H. The average molecular weight is 460 g/mol. The first-order valence-corrected chi connectivity index (χ1v) is 11.6. The molecule has 4 rings (SSSR count). The molecule has 3 aromatic rings. The van der Waals surface area contributed by atoms with E-state index in [-0.39, 0.29) is 18.3 Å². The molecule has 0 saturated carbocycles. The van der Waals surface area contributed by atoms with E-state index in [9.17, 15) is 4.79 Å². The number of thiazole rings is 1. The number of anilines is 1. The first kappa shape index (κ1) is 22.8. The Labute approximate surface area is 192 Å².